The van der Waals surface area contributed by atoms with Crippen molar-refractivity contribution in [2.45, 2.75) is 6.54 Å². The molecule has 5 heteroatoms. The van der Waals surface area contributed by atoms with E-state index in [0.29, 0.717) is 6.54 Å². The minimum atomic E-state index is -0.555. The molecule has 0 bridgehead atoms. The second-order valence-electron chi connectivity index (χ2n) is 2.55. The molecule has 0 saturated heterocycles. The van der Waals surface area contributed by atoms with E-state index in [-0.39, 0.29) is 23.7 Å². The number of hydrogen-bond acceptors (Lipinski definition) is 4. The zero-order valence-corrected chi connectivity index (χ0v) is 8.50. The van der Waals surface area contributed by atoms with Crippen molar-refractivity contribution in [3.63, 3.8) is 0 Å². The summed E-state index contributed by atoms with van der Waals surface area (Å²) in [5.41, 5.74) is 6.27. The van der Waals surface area contributed by atoms with Crippen LogP contribution in [0.25, 0.3) is 0 Å². The molecule has 0 aliphatic carbocycles. The fourth-order valence-electron chi connectivity index (χ4n) is 0.987. The number of esters is 1. The maximum absolute atomic E-state index is 11.0. The molecule has 0 spiro atoms. The van der Waals surface area contributed by atoms with Gasteiger partial charge in [0.05, 0.1) is 7.11 Å². The molecule has 0 unspecified atom stereocenters. The highest BCUT2D eigenvalue weighted by atomic mass is 35.5. The van der Waals surface area contributed by atoms with Gasteiger partial charge in [-0.3, -0.25) is 0 Å². The topological polar surface area (TPSA) is 72.5 Å². The van der Waals surface area contributed by atoms with Gasteiger partial charge in [0, 0.05) is 6.54 Å². The van der Waals surface area contributed by atoms with Crippen molar-refractivity contribution in [1.82, 2.24) is 0 Å². The van der Waals surface area contributed by atoms with E-state index in [1.807, 2.05) is 0 Å². The molecule has 0 atom stereocenters. The predicted octanol–water partition coefficient (Wildman–Crippen LogP) is 1.06. The lowest BCUT2D eigenvalue weighted by Crippen LogP contribution is -2.03. The quantitative estimate of drug-likeness (QED) is 0.727. The number of halogens is 1. The zero-order valence-electron chi connectivity index (χ0n) is 7.69. The van der Waals surface area contributed by atoms with Gasteiger partial charge in [0.15, 0.2) is 0 Å². The Balaban J connectivity index is 0.00000169. The van der Waals surface area contributed by atoms with Gasteiger partial charge in [-0.25, -0.2) is 4.79 Å². The molecular formula is C9H12ClNO3. The number of carbonyl (C=O) groups is 1. The van der Waals surface area contributed by atoms with E-state index >= 15 is 0 Å². The summed E-state index contributed by atoms with van der Waals surface area (Å²) in [5.74, 6) is -0.657. The summed E-state index contributed by atoms with van der Waals surface area (Å²) in [6, 6.07) is 4.61. The Labute approximate surface area is 88.1 Å². The van der Waals surface area contributed by atoms with Crippen LogP contribution in [0, 0.1) is 0 Å². The molecule has 4 nitrogen and oxygen atoms in total. The molecule has 1 rings (SSSR count). The number of nitrogens with two attached hydrogens (primary N) is 1. The van der Waals surface area contributed by atoms with Crippen molar-refractivity contribution in [1.29, 1.82) is 0 Å². The van der Waals surface area contributed by atoms with Crippen LogP contribution in [0.1, 0.15) is 15.9 Å². The number of hydrogen-bond donors (Lipinski definition) is 2. The van der Waals surface area contributed by atoms with E-state index in [1.54, 1.807) is 6.07 Å². The number of phenolic OH excluding ortho intramolecular Hbond substituents is 1. The maximum Gasteiger partial charge on any atom is 0.341 e. The lowest BCUT2D eigenvalue weighted by molar-refractivity contribution is 0.0597. The molecule has 3 N–H and O–H groups in total. The molecule has 0 radical (unpaired) electrons. The van der Waals surface area contributed by atoms with Crippen molar-refractivity contribution in [2.75, 3.05) is 7.11 Å². The Morgan fingerprint density at radius 2 is 2.21 bits per heavy atom. The highest BCUT2D eigenvalue weighted by Gasteiger charge is 2.10. The van der Waals surface area contributed by atoms with Crippen LogP contribution in [0.15, 0.2) is 18.2 Å². The standard InChI is InChI=1S/C9H11NO3.ClH/c1-13-9(12)7-3-2-6(5-10)4-8(7)11;/h2-4,11H,5,10H2,1H3;1H. The fraction of sp³-hybridized carbons (Fsp3) is 0.222. The van der Waals surface area contributed by atoms with Crippen LogP contribution in [-0.4, -0.2) is 18.2 Å². The third kappa shape index (κ3) is 2.61. The molecule has 0 aliphatic heterocycles. The van der Waals surface area contributed by atoms with Crippen molar-refractivity contribution in [3.05, 3.63) is 29.3 Å². The second kappa shape index (κ2) is 5.47. The average Bonchev–Trinajstić information content (AvgIpc) is 2.16. The van der Waals surface area contributed by atoms with Crippen molar-refractivity contribution >= 4 is 18.4 Å². The monoisotopic (exact) mass is 217 g/mol. The Bertz CT molecular complexity index is 328. The summed E-state index contributed by atoms with van der Waals surface area (Å²) in [6.45, 7) is 0.328. The lowest BCUT2D eigenvalue weighted by atomic mass is 10.1. The largest absolute Gasteiger partial charge is 0.507 e. The SMILES string of the molecule is COC(=O)c1ccc(CN)cc1O.Cl. The number of methoxy groups -OCH3 is 1. The molecule has 0 heterocycles. The lowest BCUT2D eigenvalue weighted by Gasteiger charge is -2.03. The van der Waals surface area contributed by atoms with E-state index in [2.05, 4.69) is 4.74 Å². The number of aromatic hydroxyl groups is 1. The summed E-state index contributed by atoms with van der Waals surface area (Å²) < 4.78 is 4.46. The molecule has 0 aliphatic rings. The third-order valence-corrected chi connectivity index (χ3v) is 1.70. The fourth-order valence-corrected chi connectivity index (χ4v) is 0.987. The number of ether oxygens (including phenoxy) is 1. The molecule has 78 valence electrons. The van der Waals surface area contributed by atoms with Gasteiger partial charge in [-0.05, 0) is 17.7 Å². The Kier molecular flexibility index (Phi) is 4.97. The maximum atomic E-state index is 11.0. The Morgan fingerprint density at radius 1 is 1.57 bits per heavy atom. The molecule has 1 aromatic carbocycles. The summed E-state index contributed by atoms with van der Waals surface area (Å²) in [4.78, 5) is 11.0. The van der Waals surface area contributed by atoms with E-state index in [4.69, 9.17) is 5.73 Å². The molecule has 0 aromatic heterocycles. The summed E-state index contributed by atoms with van der Waals surface area (Å²) in [5, 5.41) is 9.37. The van der Waals surface area contributed by atoms with Gasteiger partial charge in [0.25, 0.3) is 0 Å². The van der Waals surface area contributed by atoms with Crippen LogP contribution < -0.4 is 5.73 Å². The minimum absolute atomic E-state index is 0. The minimum Gasteiger partial charge on any atom is -0.507 e. The van der Waals surface area contributed by atoms with Crippen LogP contribution in [0.5, 0.6) is 5.75 Å². The van der Waals surface area contributed by atoms with Crippen LogP contribution >= 0.6 is 12.4 Å². The molecule has 0 fully saturated rings. The molecule has 0 amide bonds. The second-order valence-corrected chi connectivity index (χ2v) is 2.55. The number of phenols is 1. The predicted molar refractivity (Wildman–Crippen MR) is 54.6 cm³/mol. The average molecular weight is 218 g/mol. The number of carbonyl (C=O) groups excluding carboxylic acids is 1. The van der Waals surface area contributed by atoms with Crippen LogP contribution in [-0.2, 0) is 11.3 Å². The number of benzene rings is 1. The highest BCUT2D eigenvalue weighted by Crippen LogP contribution is 2.19. The van der Waals surface area contributed by atoms with E-state index in [9.17, 15) is 9.90 Å². The van der Waals surface area contributed by atoms with E-state index in [1.165, 1.54) is 19.2 Å². The molecule has 1 aromatic rings. The summed E-state index contributed by atoms with van der Waals surface area (Å²) >= 11 is 0. The van der Waals surface area contributed by atoms with E-state index < -0.39 is 5.97 Å². The van der Waals surface area contributed by atoms with Gasteiger partial charge in [-0.2, -0.15) is 0 Å². The first-order chi connectivity index (χ1) is 6.19. The van der Waals surface area contributed by atoms with Gasteiger partial charge in [0.1, 0.15) is 11.3 Å². The van der Waals surface area contributed by atoms with Crippen LogP contribution in [0.3, 0.4) is 0 Å². The van der Waals surface area contributed by atoms with Crippen molar-refractivity contribution in [3.8, 4) is 5.75 Å². The van der Waals surface area contributed by atoms with Gasteiger partial charge in [0.2, 0.25) is 0 Å². The molecule has 0 saturated carbocycles. The summed E-state index contributed by atoms with van der Waals surface area (Å²) in [6.07, 6.45) is 0. The first-order valence-electron chi connectivity index (χ1n) is 3.79. The Morgan fingerprint density at radius 3 is 2.64 bits per heavy atom. The van der Waals surface area contributed by atoms with Gasteiger partial charge in [-0.15, -0.1) is 12.4 Å². The van der Waals surface area contributed by atoms with Gasteiger partial charge < -0.3 is 15.6 Å². The molecular weight excluding hydrogens is 206 g/mol. The normalized spacial score (nSPS) is 9.00. The first-order valence-corrected chi connectivity index (χ1v) is 3.79. The van der Waals surface area contributed by atoms with Crippen molar-refractivity contribution < 1.29 is 14.6 Å². The van der Waals surface area contributed by atoms with E-state index in [0.717, 1.165) is 5.56 Å². The first kappa shape index (κ1) is 12.7. The van der Waals surface area contributed by atoms with Crippen LogP contribution in [0.2, 0.25) is 0 Å². The smallest absolute Gasteiger partial charge is 0.341 e. The zero-order chi connectivity index (χ0) is 9.84. The summed E-state index contributed by atoms with van der Waals surface area (Å²) in [7, 11) is 1.26. The van der Waals surface area contributed by atoms with Gasteiger partial charge in [-0.1, -0.05) is 6.07 Å². The third-order valence-electron chi connectivity index (χ3n) is 1.70. The van der Waals surface area contributed by atoms with Gasteiger partial charge >= 0.3 is 5.97 Å². The number of rotatable bonds is 2. The highest BCUT2D eigenvalue weighted by molar-refractivity contribution is 5.92. The molecule has 14 heavy (non-hydrogen) atoms. The Hall–Kier alpha value is -1.26. The van der Waals surface area contributed by atoms with Crippen molar-refractivity contribution in [2.24, 2.45) is 5.73 Å². The van der Waals surface area contributed by atoms with Crippen LogP contribution in [0.4, 0.5) is 0 Å².